The zero-order valence-electron chi connectivity index (χ0n) is 11.8. The third kappa shape index (κ3) is 2.53. The summed E-state index contributed by atoms with van der Waals surface area (Å²) in [5.41, 5.74) is 5.84. The summed E-state index contributed by atoms with van der Waals surface area (Å²) >= 11 is 6.26. The van der Waals surface area contributed by atoms with Gasteiger partial charge in [-0.2, -0.15) is 0 Å². The van der Waals surface area contributed by atoms with E-state index >= 15 is 0 Å². The van der Waals surface area contributed by atoms with E-state index in [4.69, 9.17) is 17.3 Å². The van der Waals surface area contributed by atoms with Crippen LogP contribution in [-0.2, 0) is 15.0 Å². The molecule has 2 aliphatic rings. The number of likely N-dealkylation sites (tertiary alicyclic amines) is 1. The summed E-state index contributed by atoms with van der Waals surface area (Å²) in [5, 5.41) is 0.662. The zero-order chi connectivity index (χ0) is 15.0. The molecule has 1 aromatic rings. The Hall–Kier alpha value is -1.55. The molecule has 3 rings (SSSR count). The van der Waals surface area contributed by atoms with E-state index in [-0.39, 0.29) is 17.7 Å². The normalized spacial score (nSPS) is 21.1. The molecule has 0 spiro atoms. The van der Waals surface area contributed by atoms with E-state index in [0.29, 0.717) is 31.0 Å². The monoisotopic (exact) mass is 306 g/mol. The molecule has 112 valence electrons. The van der Waals surface area contributed by atoms with Crippen molar-refractivity contribution in [3.63, 3.8) is 0 Å². The SMILES string of the molecule is NC(=O)C1CCN(C(=O)C2(c3ccccc3Cl)CC2)CC1. The lowest BCUT2D eigenvalue weighted by molar-refractivity contribution is -0.137. The fourth-order valence-electron chi connectivity index (χ4n) is 3.24. The molecule has 2 fully saturated rings. The van der Waals surface area contributed by atoms with Gasteiger partial charge in [0.05, 0.1) is 5.41 Å². The molecule has 2 amide bonds. The molecule has 0 bridgehead atoms. The van der Waals surface area contributed by atoms with E-state index in [2.05, 4.69) is 0 Å². The van der Waals surface area contributed by atoms with E-state index in [1.54, 1.807) is 0 Å². The first-order valence-electron chi connectivity index (χ1n) is 7.38. The Bertz CT molecular complexity index is 575. The summed E-state index contributed by atoms with van der Waals surface area (Å²) in [6.45, 7) is 1.22. The maximum atomic E-state index is 12.9. The van der Waals surface area contributed by atoms with Crippen molar-refractivity contribution < 1.29 is 9.59 Å². The van der Waals surface area contributed by atoms with E-state index < -0.39 is 5.41 Å². The Morgan fingerprint density at radius 3 is 2.33 bits per heavy atom. The van der Waals surface area contributed by atoms with Crippen LogP contribution in [0.2, 0.25) is 5.02 Å². The molecule has 1 aromatic carbocycles. The molecule has 1 aliphatic heterocycles. The molecule has 1 saturated heterocycles. The first kappa shape index (κ1) is 14.4. The lowest BCUT2D eigenvalue weighted by Gasteiger charge is -2.33. The van der Waals surface area contributed by atoms with Crippen LogP contribution in [0, 0.1) is 5.92 Å². The summed E-state index contributed by atoms with van der Waals surface area (Å²) in [6.07, 6.45) is 3.04. The topological polar surface area (TPSA) is 63.4 Å². The largest absolute Gasteiger partial charge is 0.369 e. The molecule has 5 heteroatoms. The highest BCUT2D eigenvalue weighted by Gasteiger charge is 2.54. The molecule has 2 N–H and O–H groups in total. The molecule has 0 atom stereocenters. The van der Waals surface area contributed by atoms with Gasteiger partial charge in [-0.25, -0.2) is 0 Å². The first-order valence-corrected chi connectivity index (χ1v) is 7.76. The van der Waals surface area contributed by atoms with E-state index in [1.807, 2.05) is 29.2 Å². The van der Waals surface area contributed by atoms with Gasteiger partial charge in [0.2, 0.25) is 11.8 Å². The Kier molecular flexibility index (Phi) is 3.66. The third-order valence-corrected chi connectivity index (χ3v) is 5.06. The van der Waals surface area contributed by atoms with Crippen LogP contribution in [0.4, 0.5) is 0 Å². The second kappa shape index (κ2) is 5.34. The third-order valence-electron chi connectivity index (χ3n) is 4.73. The van der Waals surface area contributed by atoms with Crippen molar-refractivity contribution in [3.8, 4) is 0 Å². The van der Waals surface area contributed by atoms with Crippen molar-refractivity contribution in [2.45, 2.75) is 31.1 Å². The molecular formula is C16H19ClN2O2. The zero-order valence-corrected chi connectivity index (χ0v) is 12.6. The molecule has 0 aromatic heterocycles. The number of nitrogens with zero attached hydrogens (tertiary/aromatic N) is 1. The quantitative estimate of drug-likeness (QED) is 0.929. The predicted octanol–water partition coefficient (Wildman–Crippen LogP) is 2.10. The van der Waals surface area contributed by atoms with Crippen molar-refractivity contribution >= 4 is 23.4 Å². The van der Waals surface area contributed by atoms with Gasteiger partial charge in [0, 0.05) is 24.0 Å². The Balaban J connectivity index is 1.75. The first-order chi connectivity index (χ1) is 10.0. The molecule has 4 nitrogen and oxygen atoms in total. The molecular weight excluding hydrogens is 288 g/mol. The predicted molar refractivity (Wildman–Crippen MR) is 80.9 cm³/mol. The number of amides is 2. The average molecular weight is 307 g/mol. The lowest BCUT2D eigenvalue weighted by atomic mass is 9.91. The van der Waals surface area contributed by atoms with E-state index in [9.17, 15) is 9.59 Å². The fraction of sp³-hybridized carbons (Fsp3) is 0.500. The number of carbonyl (C=O) groups excluding carboxylic acids is 2. The second-order valence-corrected chi connectivity index (χ2v) is 6.44. The van der Waals surface area contributed by atoms with Gasteiger partial charge in [0.1, 0.15) is 0 Å². The number of benzene rings is 1. The van der Waals surface area contributed by atoms with Crippen molar-refractivity contribution in [2.24, 2.45) is 11.7 Å². The van der Waals surface area contributed by atoms with Gasteiger partial charge in [0.15, 0.2) is 0 Å². The van der Waals surface area contributed by atoms with Gasteiger partial charge in [0.25, 0.3) is 0 Å². The Morgan fingerprint density at radius 2 is 1.81 bits per heavy atom. The summed E-state index contributed by atoms with van der Waals surface area (Å²) in [7, 11) is 0. The molecule has 1 saturated carbocycles. The highest BCUT2D eigenvalue weighted by atomic mass is 35.5. The summed E-state index contributed by atoms with van der Waals surface area (Å²) in [6, 6.07) is 7.59. The van der Waals surface area contributed by atoms with Crippen molar-refractivity contribution in [3.05, 3.63) is 34.9 Å². The number of hydrogen-bond donors (Lipinski definition) is 1. The molecule has 21 heavy (non-hydrogen) atoms. The van der Waals surface area contributed by atoms with Gasteiger partial charge < -0.3 is 10.6 Å². The van der Waals surface area contributed by atoms with Crippen molar-refractivity contribution in [1.29, 1.82) is 0 Å². The Labute approximate surface area is 129 Å². The van der Waals surface area contributed by atoms with Crippen molar-refractivity contribution in [1.82, 2.24) is 4.90 Å². The number of halogens is 1. The highest BCUT2D eigenvalue weighted by Crippen LogP contribution is 2.52. The molecule has 1 aliphatic carbocycles. The number of carbonyl (C=O) groups is 2. The Morgan fingerprint density at radius 1 is 1.19 bits per heavy atom. The van der Waals surface area contributed by atoms with E-state index in [1.165, 1.54) is 0 Å². The average Bonchev–Trinajstić information content (AvgIpc) is 3.28. The molecule has 0 unspecified atom stereocenters. The van der Waals surface area contributed by atoms with Crippen LogP contribution in [0.5, 0.6) is 0 Å². The minimum absolute atomic E-state index is 0.0930. The van der Waals surface area contributed by atoms with Crippen LogP contribution in [0.25, 0.3) is 0 Å². The van der Waals surface area contributed by atoms with Crippen molar-refractivity contribution in [2.75, 3.05) is 13.1 Å². The van der Waals surface area contributed by atoms with Crippen LogP contribution in [0.1, 0.15) is 31.2 Å². The van der Waals surface area contributed by atoms with Gasteiger partial charge >= 0.3 is 0 Å². The summed E-state index contributed by atoms with van der Waals surface area (Å²) < 4.78 is 0. The smallest absolute Gasteiger partial charge is 0.233 e. The van der Waals surface area contributed by atoms with Gasteiger partial charge in [-0.15, -0.1) is 0 Å². The van der Waals surface area contributed by atoms with E-state index in [0.717, 1.165) is 18.4 Å². The van der Waals surface area contributed by atoms with Crippen LogP contribution < -0.4 is 5.73 Å². The number of hydrogen-bond acceptors (Lipinski definition) is 2. The summed E-state index contributed by atoms with van der Waals surface area (Å²) in [4.78, 5) is 25.9. The fourth-order valence-corrected chi connectivity index (χ4v) is 3.56. The summed E-state index contributed by atoms with van der Waals surface area (Å²) in [5.74, 6) is -0.197. The minimum atomic E-state index is -0.433. The lowest BCUT2D eigenvalue weighted by Crippen LogP contribution is -2.46. The van der Waals surface area contributed by atoms with Gasteiger partial charge in [-0.05, 0) is 37.3 Å². The minimum Gasteiger partial charge on any atom is -0.369 e. The number of piperidine rings is 1. The number of rotatable bonds is 3. The van der Waals surface area contributed by atoms with Crippen LogP contribution in [-0.4, -0.2) is 29.8 Å². The molecule has 0 radical (unpaired) electrons. The highest BCUT2D eigenvalue weighted by molar-refractivity contribution is 6.31. The maximum absolute atomic E-state index is 12.9. The second-order valence-electron chi connectivity index (χ2n) is 6.03. The van der Waals surface area contributed by atoms with Crippen LogP contribution >= 0.6 is 11.6 Å². The van der Waals surface area contributed by atoms with Crippen LogP contribution in [0.3, 0.4) is 0 Å². The van der Waals surface area contributed by atoms with Gasteiger partial charge in [-0.1, -0.05) is 29.8 Å². The number of nitrogens with two attached hydrogens (primary N) is 1. The maximum Gasteiger partial charge on any atom is 0.233 e. The number of primary amides is 1. The van der Waals surface area contributed by atoms with Crippen LogP contribution in [0.15, 0.2) is 24.3 Å². The van der Waals surface area contributed by atoms with Gasteiger partial charge in [-0.3, -0.25) is 9.59 Å². The molecule has 1 heterocycles. The standard InChI is InChI=1S/C16H19ClN2O2/c17-13-4-2-1-3-12(13)16(7-8-16)15(21)19-9-5-11(6-10-19)14(18)20/h1-4,11H,5-10H2,(H2,18,20).